The lowest BCUT2D eigenvalue weighted by molar-refractivity contribution is -0.141. The number of hydrogen-bond donors (Lipinski definition) is 4. The number of aromatic amines is 2. The highest BCUT2D eigenvalue weighted by atomic mass is 16.5. The Labute approximate surface area is 371 Å². The van der Waals surface area contributed by atoms with Gasteiger partial charge in [0.25, 0.3) is 0 Å². The third-order valence-electron chi connectivity index (χ3n) is 14.0. The Kier molecular flexibility index (Phi) is 11.9. The zero-order chi connectivity index (χ0) is 44.8. The first-order valence-electron chi connectivity index (χ1n) is 22.2. The maximum absolute atomic E-state index is 14.2. The van der Waals surface area contributed by atoms with E-state index in [9.17, 15) is 19.2 Å². The molecule has 2 aliphatic heterocycles. The molecule has 0 spiro atoms. The fourth-order valence-electron chi connectivity index (χ4n) is 10.5. The lowest BCUT2D eigenvalue weighted by atomic mass is 9.83. The summed E-state index contributed by atoms with van der Waals surface area (Å²) in [6.45, 7) is 4.06. The number of nitrogens with one attached hydrogen (secondary N) is 4. The molecule has 4 amide bonds. The van der Waals surface area contributed by atoms with Crippen LogP contribution >= 0.6 is 0 Å². The van der Waals surface area contributed by atoms with Gasteiger partial charge >= 0.3 is 12.2 Å². The standard InChI is InChI=1S/C48H56N8O8/c1-25(61-3)40(53-47(59)63-5)45(57)55-19-7-8-39(55)43-49-24-38(52-43)31-13-17-35-30(21-31)10-9-29-20-27(12-16-34(29)35)28-14-18-36-37(23-28)51-44(50-36)42-32-11-15-33(22-32)56(42)46(58)41(26(2)62-4)54-48(60)64-6/h12-14,16-18,20-21,23-26,32-33,39-42H,7-11,15,19,22H2,1-6H3,(H,49,52)(H,50,51)(H,53,59)(H,54,60)/t25-,26-,32+,33-,39+,40+,41?,42+/m1/s1. The average molecular weight is 873 g/mol. The van der Waals surface area contributed by atoms with Gasteiger partial charge in [-0.15, -0.1) is 0 Å². The summed E-state index contributed by atoms with van der Waals surface area (Å²) in [7, 11) is 5.58. The summed E-state index contributed by atoms with van der Waals surface area (Å²) < 4.78 is 20.6. The molecule has 3 fully saturated rings. The first-order chi connectivity index (χ1) is 31.0. The second-order valence-electron chi connectivity index (χ2n) is 17.5. The molecular weight excluding hydrogens is 817 g/mol. The molecule has 3 aromatic carbocycles. The van der Waals surface area contributed by atoms with Crippen molar-refractivity contribution in [2.45, 2.75) is 101 Å². The number of nitrogens with zero attached hydrogens (tertiary/aromatic N) is 4. The Morgan fingerprint density at radius 2 is 1.36 bits per heavy atom. The zero-order valence-corrected chi connectivity index (χ0v) is 37.1. The van der Waals surface area contributed by atoms with Crippen molar-refractivity contribution < 1.29 is 38.1 Å². The Bertz CT molecular complexity index is 2590. The highest BCUT2D eigenvalue weighted by Crippen LogP contribution is 2.50. The number of piperidine rings is 1. The molecule has 0 radical (unpaired) electrons. The van der Waals surface area contributed by atoms with Crippen LogP contribution in [-0.4, -0.2) is 119 Å². The summed E-state index contributed by atoms with van der Waals surface area (Å²) >= 11 is 0. The Balaban J connectivity index is 0.919. The van der Waals surface area contributed by atoms with E-state index in [0.29, 0.717) is 12.4 Å². The number of amides is 4. The number of H-pyrrole nitrogens is 2. The monoisotopic (exact) mass is 872 g/mol. The van der Waals surface area contributed by atoms with E-state index in [0.717, 1.165) is 84.2 Å². The largest absolute Gasteiger partial charge is 0.453 e. The number of aromatic nitrogens is 4. The third-order valence-corrected chi connectivity index (χ3v) is 14.0. The van der Waals surface area contributed by atoms with Gasteiger partial charge in [0.2, 0.25) is 11.8 Å². The quantitative estimate of drug-likeness (QED) is 0.106. The molecule has 2 aromatic heterocycles. The number of fused-ring (bicyclic) bond motifs is 6. The molecule has 16 nitrogen and oxygen atoms in total. The van der Waals surface area contributed by atoms with Gasteiger partial charge in [-0.25, -0.2) is 19.6 Å². The van der Waals surface area contributed by atoms with Gasteiger partial charge in [0.1, 0.15) is 23.7 Å². The van der Waals surface area contributed by atoms with E-state index in [1.165, 1.54) is 50.7 Å². The van der Waals surface area contributed by atoms with Crippen LogP contribution in [-0.2, 0) is 41.4 Å². The van der Waals surface area contributed by atoms with E-state index < -0.39 is 36.5 Å². The van der Waals surface area contributed by atoms with Crippen LogP contribution in [0.1, 0.15) is 80.8 Å². The Morgan fingerprint density at radius 3 is 2.03 bits per heavy atom. The van der Waals surface area contributed by atoms with Crippen LogP contribution in [0.15, 0.2) is 60.8 Å². The first-order valence-corrected chi connectivity index (χ1v) is 22.2. The molecule has 8 atom stereocenters. The van der Waals surface area contributed by atoms with Crippen molar-refractivity contribution in [3.05, 3.63) is 83.6 Å². The molecule has 336 valence electrons. The number of aryl methyl sites for hydroxylation is 2. The predicted molar refractivity (Wildman–Crippen MR) is 238 cm³/mol. The number of ether oxygens (including phenoxy) is 4. The molecule has 4 N–H and O–H groups in total. The number of hydrogen-bond acceptors (Lipinski definition) is 10. The molecule has 2 saturated heterocycles. The van der Waals surface area contributed by atoms with Crippen LogP contribution < -0.4 is 10.6 Å². The summed E-state index contributed by atoms with van der Waals surface area (Å²) in [4.78, 5) is 72.8. The predicted octanol–water partition coefficient (Wildman–Crippen LogP) is 6.62. The van der Waals surface area contributed by atoms with Crippen molar-refractivity contribution in [2.24, 2.45) is 5.92 Å². The number of carbonyl (C=O) groups is 4. The minimum Gasteiger partial charge on any atom is -0.453 e. The van der Waals surface area contributed by atoms with Gasteiger partial charge in [0, 0.05) is 26.8 Å². The second-order valence-corrected chi connectivity index (χ2v) is 17.5. The van der Waals surface area contributed by atoms with Crippen molar-refractivity contribution in [2.75, 3.05) is 35.0 Å². The molecule has 16 heteroatoms. The molecule has 1 unspecified atom stereocenters. The van der Waals surface area contributed by atoms with Gasteiger partial charge in [0.15, 0.2) is 0 Å². The van der Waals surface area contributed by atoms with Crippen molar-refractivity contribution in [3.8, 4) is 33.5 Å². The van der Waals surface area contributed by atoms with Crippen molar-refractivity contribution in [3.63, 3.8) is 0 Å². The smallest absolute Gasteiger partial charge is 0.407 e. The number of methoxy groups -OCH3 is 4. The minimum atomic E-state index is -0.895. The normalized spacial score (nSPS) is 21.8. The molecule has 2 aliphatic carbocycles. The van der Waals surface area contributed by atoms with Gasteiger partial charge in [-0.2, -0.15) is 0 Å². The molecule has 4 heterocycles. The maximum atomic E-state index is 14.2. The van der Waals surface area contributed by atoms with E-state index in [2.05, 4.69) is 69.1 Å². The molecule has 1 saturated carbocycles. The molecular formula is C48H56N8O8. The summed E-state index contributed by atoms with van der Waals surface area (Å²) in [6.07, 6.45) is 5.54. The van der Waals surface area contributed by atoms with E-state index in [-0.39, 0.29) is 35.9 Å². The third kappa shape index (κ3) is 7.86. The average Bonchev–Trinajstić information content (AvgIpc) is 4.19. The van der Waals surface area contributed by atoms with Crippen LogP contribution in [0.5, 0.6) is 0 Å². The number of carbonyl (C=O) groups excluding carboxylic acids is 4. The second kappa shape index (κ2) is 17.7. The topological polar surface area (TPSA) is 193 Å². The number of rotatable bonds is 12. The van der Waals surface area contributed by atoms with Gasteiger partial charge in [-0.3, -0.25) is 9.59 Å². The fraction of sp³-hybridized carbons (Fsp3) is 0.458. The van der Waals surface area contributed by atoms with Crippen LogP contribution in [0.25, 0.3) is 44.5 Å². The number of benzene rings is 3. The molecule has 5 aromatic rings. The molecule has 2 bridgehead atoms. The molecule has 64 heavy (non-hydrogen) atoms. The lowest BCUT2D eigenvalue weighted by Gasteiger charge is -2.37. The first kappa shape index (κ1) is 43.0. The van der Waals surface area contributed by atoms with E-state index in [1.54, 1.807) is 18.7 Å². The maximum Gasteiger partial charge on any atom is 0.407 e. The zero-order valence-electron chi connectivity index (χ0n) is 37.1. The van der Waals surface area contributed by atoms with Crippen molar-refractivity contribution in [1.29, 1.82) is 0 Å². The van der Waals surface area contributed by atoms with Crippen LogP contribution in [0.3, 0.4) is 0 Å². The van der Waals surface area contributed by atoms with Gasteiger partial charge < -0.3 is 49.3 Å². The van der Waals surface area contributed by atoms with Crippen molar-refractivity contribution in [1.82, 2.24) is 40.4 Å². The van der Waals surface area contributed by atoms with Gasteiger partial charge in [-0.1, -0.05) is 36.4 Å². The van der Waals surface area contributed by atoms with Crippen LogP contribution in [0.2, 0.25) is 0 Å². The highest BCUT2D eigenvalue weighted by molar-refractivity contribution is 5.89. The lowest BCUT2D eigenvalue weighted by Crippen LogP contribution is -2.56. The summed E-state index contributed by atoms with van der Waals surface area (Å²) in [5.41, 5.74) is 10.8. The van der Waals surface area contributed by atoms with Crippen LogP contribution in [0.4, 0.5) is 9.59 Å². The van der Waals surface area contributed by atoms with Crippen LogP contribution in [0, 0.1) is 5.92 Å². The number of likely N-dealkylation sites (tertiary alicyclic amines) is 2. The van der Waals surface area contributed by atoms with Gasteiger partial charge in [-0.05, 0) is 122 Å². The van der Waals surface area contributed by atoms with E-state index >= 15 is 0 Å². The summed E-state index contributed by atoms with van der Waals surface area (Å²) in [5.74, 6) is 1.31. The fourth-order valence-corrected chi connectivity index (χ4v) is 10.5. The van der Waals surface area contributed by atoms with Gasteiger partial charge in [0.05, 0.1) is 61.4 Å². The SMILES string of the molecule is COC(=O)NC(C(=O)N1[C@@H]2CC[C@@H](C2)[C@H]1c1nc2ccc(-c3ccc4c(c3)CCc3cc(-c5cnc([C@@H]6CCCN6C(=O)[C@@H](NC(=O)OC)[C@@H](C)OC)[nH]5)ccc3-4)cc2[nH]1)[C@@H](C)OC. The van der Waals surface area contributed by atoms with E-state index in [4.69, 9.17) is 28.9 Å². The minimum absolute atomic E-state index is 0.0682. The Morgan fingerprint density at radius 1 is 0.734 bits per heavy atom. The summed E-state index contributed by atoms with van der Waals surface area (Å²) in [5, 5.41) is 5.35. The highest BCUT2D eigenvalue weighted by Gasteiger charge is 2.52. The van der Waals surface area contributed by atoms with Crippen molar-refractivity contribution >= 4 is 35.0 Å². The number of imidazole rings is 2. The Hall–Kier alpha value is -6.26. The number of alkyl carbamates (subject to hydrolysis) is 2. The summed E-state index contributed by atoms with van der Waals surface area (Å²) in [6, 6.07) is 17.3. The molecule has 9 rings (SSSR count). The molecule has 4 aliphatic rings. The van der Waals surface area contributed by atoms with E-state index in [1.807, 2.05) is 17.2 Å².